The summed E-state index contributed by atoms with van der Waals surface area (Å²) < 4.78 is 29.6. The molecule has 0 unspecified atom stereocenters. The Kier molecular flexibility index (Phi) is 1.62. The quantitative estimate of drug-likeness (QED) is 0.574. The fraction of sp³-hybridized carbons (Fsp3) is 0.250. The molecule has 0 saturated heterocycles. The minimum Gasteiger partial charge on any atom is -0.448 e. The first-order chi connectivity index (χ1) is 4.58. The van der Waals surface area contributed by atoms with Crippen molar-refractivity contribution in [2.75, 3.05) is 6.26 Å². The number of rotatable bonds is 2. The van der Waals surface area contributed by atoms with Gasteiger partial charge in [0.25, 0.3) is 5.88 Å². The number of oxazole rings is 1. The van der Waals surface area contributed by atoms with Gasteiger partial charge in [-0.25, -0.2) is 0 Å². The molecule has 0 bridgehead atoms. The molecule has 56 valence electrons. The van der Waals surface area contributed by atoms with E-state index in [1.807, 2.05) is 0 Å². The molecule has 0 amide bonds. The van der Waals surface area contributed by atoms with Crippen LogP contribution in [0.2, 0.25) is 0 Å². The lowest BCUT2D eigenvalue weighted by Gasteiger charge is -1.93. The van der Waals surface area contributed by atoms with Crippen molar-refractivity contribution in [1.29, 1.82) is 0 Å². The van der Waals surface area contributed by atoms with Crippen LogP contribution in [0.1, 0.15) is 0 Å². The summed E-state index contributed by atoms with van der Waals surface area (Å²) in [5.41, 5.74) is 0. The number of hydrogen-bond acceptors (Lipinski definition) is 5. The first-order valence-corrected chi connectivity index (χ1v) is 4.17. The van der Waals surface area contributed by atoms with Crippen LogP contribution in [0.15, 0.2) is 17.1 Å². The fourth-order valence-electron chi connectivity index (χ4n) is 0.398. The van der Waals surface area contributed by atoms with Crippen LogP contribution >= 0.6 is 0 Å². The lowest BCUT2D eigenvalue weighted by Crippen LogP contribution is -2.05. The summed E-state index contributed by atoms with van der Waals surface area (Å²) in [6, 6.07) is 0. The Morgan fingerprint density at radius 2 is 2.40 bits per heavy atom. The Hall–Kier alpha value is -1.04. The zero-order chi connectivity index (χ0) is 7.61. The second-order valence-corrected chi connectivity index (χ2v) is 3.19. The average molecular weight is 163 g/mol. The summed E-state index contributed by atoms with van der Waals surface area (Å²) in [5, 5.41) is 0. The molecule has 0 N–H and O–H groups in total. The highest BCUT2D eigenvalue weighted by Gasteiger charge is 2.04. The van der Waals surface area contributed by atoms with Gasteiger partial charge in [-0.05, 0) is 0 Å². The zero-order valence-electron chi connectivity index (χ0n) is 5.14. The highest BCUT2D eigenvalue weighted by atomic mass is 32.2. The smallest absolute Gasteiger partial charge is 0.307 e. The van der Waals surface area contributed by atoms with Crippen LogP contribution in [0.4, 0.5) is 0 Å². The molecule has 1 heterocycles. The maximum absolute atomic E-state index is 10.4. The Morgan fingerprint density at radius 1 is 1.70 bits per heavy atom. The van der Waals surface area contributed by atoms with Gasteiger partial charge in [0.1, 0.15) is 0 Å². The van der Waals surface area contributed by atoms with Crippen molar-refractivity contribution in [3.8, 4) is 5.88 Å². The van der Waals surface area contributed by atoms with E-state index in [4.69, 9.17) is 0 Å². The van der Waals surface area contributed by atoms with E-state index < -0.39 is 10.1 Å². The lowest BCUT2D eigenvalue weighted by atomic mass is 10.9. The normalized spacial score (nSPS) is 11.3. The van der Waals surface area contributed by atoms with Crippen LogP contribution in [0.5, 0.6) is 5.88 Å². The number of hydrogen-bond donors (Lipinski definition) is 0. The van der Waals surface area contributed by atoms with Gasteiger partial charge in [0.15, 0.2) is 12.7 Å². The van der Waals surface area contributed by atoms with E-state index >= 15 is 0 Å². The van der Waals surface area contributed by atoms with E-state index in [-0.39, 0.29) is 5.88 Å². The molecule has 5 nitrogen and oxygen atoms in total. The molecule has 0 radical (unpaired) electrons. The highest BCUT2D eigenvalue weighted by Crippen LogP contribution is 2.06. The van der Waals surface area contributed by atoms with Crippen molar-refractivity contribution in [2.24, 2.45) is 0 Å². The van der Waals surface area contributed by atoms with Crippen LogP contribution in [-0.4, -0.2) is 19.7 Å². The van der Waals surface area contributed by atoms with Gasteiger partial charge in [-0.3, -0.25) is 0 Å². The van der Waals surface area contributed by atoms with Gasteiger partial charge in [-0.1, -0.05) is 0 Å². The van der Waals surface area contributed by atoms with Gasteiger partial charge < -0.3 is 8.60 Å². The molecular formula is C4H5NO4S. The van der Waals surface area contributed by atoms with Crippen molar-refractivity contribution >= 4 is 10.1 Å². The molecule has 0 spiro atoms. The van der Waals surface area contributed by atoms with E-state index in [9.17, 15) is 8.42 Å². The van der Waals surface area contributed by atoms with E-state index in [0.717, 1.165) is 18.9 Å². The van der Waals surface area contributed by atoms with Crippen molar-refractivity contribution in [3.05, 3.63) is 12.7 Å². The molecule has 0 saturated carbocycles. The molecule has 0 fully saturated rings. The first-order valence-electron chi connectivity index (χ1n) is 2.35. The third kappa shape index (κ3) is 2.06. The Bertz CT molecular complexity index is 287. The molecule has 6 heteroatoms. The fourth-order valence-corrected chi connectivity index (χ4v) is 0.790. The topological polar surface area (TPSA) is 69.4 Å². The van der Waals surface area contributed by atoms with E-state index in [2.05, 4.69) is 13.6 Å². The Balaban J connectivity index is 2.75. The van der Waals surface area contributed by atoms with E-state index in [1.165, 1.54) is 0 Å². The molecule has 0 atom stereocenters. The average Bonchev–Trinajstić information content (AvgIpc) is 2.12. The van der Waals surface area contributed by atoms with Crippen molar-refractivity contribution in [1.82, 2.24) is 4.98 Å². The monoisotopic (exact) mass is 163 g/mol. The summed E-state index contributed by atoms with van der Waals surface area (Å²) in [6.45, 7) is 0. The van der Waals surface area contributed by atoms with Crippen molar-refractivity contribution in [3.63, 3.8) is 0 Å². The van der Waals surface area contributed by atoms with Gasteiger partial charge in [0.05, 0.1) is 6.26 Å². The summed E-state index contributed by atoms with van der Waals surface area (Å²) in [6.07, 6.45) is 3.11. The lowest BCUT2D eigenvalue weighted by molar-refractivity contribution is 0.478. The number of nitrogens with zero attached hydrogens (tertiary/aromatic N) is 1. The summed E-state index contributed by atoms with van der Waals surface area (Å²) in [4.78, 5) is 3.43. The third-order valence-corrected chi connectivity index (χ3v) is 1.12. The minimum atomic E-state index is -3.47. The molecular weight excluding hydrogens is 158 g/mol. The zero-order valence-corrected chi connectivity index (χ0v) is 5.96. The molecule has 1 aromatic heterocycles. The van der Waals surface area contributed by atoms with Gasteiger partial charge in [0.2, 0.25) is 0 Å². The first kappa shape index (κ1) is 7.07. The maximum atomic E-state index is 10.4. The van der Waals surface area contributed by atoms with Gasteiger partial charge in [0, 0.05) is 0 Å². The van der Waals surface area contributed by atoms with Crippen LogP contribution in [0.25, 0.3) is 0 Å². The van der Waals surface area contributed by atoms with Gasteiger partial charge >= 0.3 is 10.1 Å². The standard InChI is InChI=1S/C4H5NO4S/c1-10(6,7)9-4-2-8-3-5-4/h2-3H,1H3. The van der Waals surface area contributed by atoms with Crippen LogP contribution < -0.4 is 4.18 Å². The second-order valence-electron chi connectivity index (χ2n) is 1.61. The third-order valence-electron chi connectivity index (χ3n) is 0.646. The molecule has 0 aliphatic rings. The van der Waals surface area contributed by atoms with E-state index in [1.54, 1.807) is 0 Å². The Labute approximate surface area is 57.8 Å². The second kappa shape index (κ2) is 2.30. The predicted molar refractivity (Wildman–Crippen MR) is 32.0 cm³/mol. The highest BCUT2D eigenvalue weighted by molar-refractivity contribution is 7.86. The van der Waals surface area contributed by atoms with Crippen LogP contribution in [0.3, 0.4) is 0 Å². The minimum absolute atomic E-state index is 0.0532. The molecule has 0 aliphatic carbocycles. The maximum Gasteiger partial charge on any atom is 0.307 e. The van der Waals surface area contributed by atoms with Crippen molar-refractivity contribution < 1.29 is 17.0 Å². The van der Waals surface area contributed by atoms with Crippen LogP contribution in [0, 0.1) is 0 Å². The van der Waals surface area contributed by atoms with Crippen LogP contribution in [-0.2, 0) is 10.1 Å². The molecule has 0 aromatic carbocycles. The van der Waals surface area contributed by atoms with Crippen molar-refractivity contribution in [2.45, 2.75) is 0 Å². The summed E-state index contributed by atoms with van der Waals surface area (Å²) in [5.74, 6) is -0.0532. The molecule has 0 aliphatic heterocycles. The molecule has 10 heavy (non-hydrogen) atoms. The van der Waals surface area contributed by atoms with Gasteiger partial charge in [-0.2, -0.15) is 13.4 Å². The SMILES string of the molecule is CS(=O)(=O)Oc1cocn1. The van der Waals surface area contributed by atoms with E-state index in [0.29, 0.717) is 0 Å². The number of aromatic nitrogens is 1. The Morgan fingerprint density at radius 3 is 2.80 bits per heavy atom. The summed E-state index contributed by atoms with van der Waals surface area (Å²) >= 11 is 0. The summed E-state index contributed by atoms with van der Waals surface area (Å²) in [7, 11) is -3.47. The largest absolute Gasteiger partial charge is 0.448 e. The predicted octanol–water partition coefficient (Wildman–Crippen LogP) is 0.0130. The molecule has 1 rings (SSSR count). The van der Waals surface area contributed by atoms with Gasteiger partial charge in [-0.15, -0.1) is 0 Å². The molecule has 1 aromatic rings.